The van der Waals surface area contributed by atoms with E-state index in [0.29, 0.717) is 0 Å². The summed E-state index contributed by atoms with van der Waals surface area (Å²) in [4.78, 5) is 0. The molecule has 0 aliphatic carbocycles. The van der Waals surface area contributed by atoms with E-state index in [0.717, 1.165) is 0 Å². The Morgan fingerprint density at radius 3 is 1.33 bits per heavy atom. The normalized spacial score (nSPS) is 4.33. The zero-order chi connectivity index (χ0) is 3.58. The molecule has 0 fully saturated rings. The first kappa shape index (κ1) is 16.1. The molecule has 0 spiro atoms. The van der Waals surface area contributed by atoms with Crippen LogP contribution in [0.3, 0.4) is 0 Å². The summed E-state index contributed by atoms with van der Waals surface area (Å²) in [5.74, 6) is 0. The van der Waals surface area contributed by atoms with Crippen LogP contribution in [-0.2, 0) is 3.08 Å². The molecule has 0 unspecified atom stereocenters. The van der Waals surface area contributed by atoms with Crippen LogP contribution in [0.25, 0.3) is 0 Å². The Balaban J connectivity index is -0.0000000450. The molecule has 24 valence electrons. The molecule has 0 N–H and O–H groups in total. The van der Waals surface area contributed by atoms with Gasteiger partial charge in [0.15, 0.2) is 0 Å². The minimum atomic E-state index is -4.29. The van der Waals surface area contributed by atoms with Crippen molar-refractivity contribution in [2.24, 2.45) is 0 Å². The summed E-state index contributed by atoms with van der Waals surface area (Å²) in [5, 5.41) is 0. The van der Waals surface area contributed by atoms with Crippen molar-refractivity contribution < 1.29 is 90.9 Å². The van der Waals surface area contributed by atoms with Crippen LogP contribution in [0.15, 0.2) is 0 Å². The first-order chi connectivity index (χ1) is 1.73. The zero-order valence-electron chi connectivity index (χ0n) is 3.72. The van der Waals surface area contributed by atoms with Crippen molar-refractivity contribution in [3.63, 3.8) is 0 Å². The third kappa shape index (κ3) is 27.2. The second kappa shape index (κ2) is 11.0. The molecule has 0 aromatic heterocycles. The van der Waals surface area contributed by atoms with Crippen LogP contribution < -0.4 is 87.8 Å². The third-order valence-electron chi connectivity index (χ3n) is 0. The number of hydrogen-bond acceptors (Lipinski definition) is 3. The summed E-state index contributed by atoms with van der Waals surface area (Å²) in [7, 11) is 0. The van der Waals surface area contributed by atoms with Gasteiger partial charge in [0.05, 0.1) is 0 Å². The molecule has 0 heterocycles. The Morgan fingerprint density at radius 2 is 1.33 bits per heavy atom. The summed E-state index contributed by atoms with van der Waals surface area (Å²) < 4.78 is 25.8. The third-order valence-corrected chi connectivity index (χ3v) is 0. The van der Waals surface area contributed by atoms with Crippen LogP contribution in [0.1, 0.15) is 0 Å². The van der Waals surface area contributed by atoms with Crippen molar-refractivity contribution in [1.29, 1.82) is 0 Å². The van der Waals surface area contributed by atoms with Gasteiger partial charge in [0.25, 0.3) is 0 Å². The van der Waals surface area contributed by atoms with E-state index in [1.165, 1.54) is 0 Å². The van der Waals surface area contributed by atoms with Crippen LogP contribution in [0.5, 0.6) is 0 Å². The molecule has 0 rings (SSSR count). The van der Waals surface area contributed by atoms with Crippen LogP contribution >= 0.6 is 0 Å². The topological polar surface area (TPSA) is 63.2 Å². The van der Waals surface area contributed by atoms with Gasteiger partial charge in [0.1, 0.15) is 0 Å². The van der Waals surface area contributed by atoms with E-state index in [1.807, 2.05) is 0 Å². The van der Waals surface area contributed by atoms with Gasteiger partial charge in [0, 0.05) is 0 Å². The SMILES string of the molecule is [K+].[Na+].[O]=[Sn]([O-])[O-]. The molecule has 0 atom stereocenters. The van der Waals surface area contributed by atoms with Crippen molar-refractivity contribution in [3.05, 3.63) is 0 Å². The molecule has 0 radical (unpaired) electrons. The maximum absolute atomic E-state index is 8.61. The first-order valence-electron chi connectivity index (χ1n) is 0.612. The van der Waals surface area contributed by atoms with Gasteiger partial charge in [-0.25, -0.2) is 0 Å². The van der Waals surface area contributed by atoms with Crippen LogP contribution in [0.2, 0.25) is 0 Å². The predicted octanol–water partition coefficient (Wildman–Crippen LogP) is -8.87. The second-order valence-corrected chi connectivity index (χ2v) is 1.68. The monoisotopic (exact) mass is 230 g/mol. The Bertz CT molecular complexity index is 33.8. The van der Waals surface area contributed by atoms with Gasteiger partial charge >= 0.3 is 111 Å². The Labute approximate surface area is 108 Å². The fraction of sp³-hybridized carbons (Fsp3) is 0. The summed E-state index contributed by atoms with van der Waals surface area (Å²) in [6.07, 6.45) is 0. The molecular formula is KNaO3Sn. The molecule has 0 saturated carbocycles. The quantitative estimate of drug-likeness (QED) is 0.387. The number of hydrogen-bond donors (Lipinski definition) is 0. The second-order valence-electron chi connectivity index (χ2n) is 0.250. The molecule has 6 heavy (non-hydrogen) atoms. The van der Waals surface area contributed by atoms with Crippen molar-refractivity contribution >= 4 is 20.6 Å². The molecule has 0 amide bonds. The molecule has 0 saturated heterocycles. The van der Waals surface area contributed by atoms with Gasteiger partial charge < -0.3 is 0 Å². The summed E-state index contributed by atoms with van der Waals surface area (Å²) in [5.41, 5.74) is 0. The molecule has 6 heteroatoms. The van der Waals surface area contributed by atoms with Gasteiger partial charge in [-0.05, 0) is 0 Å². The van der Waals surface area contributed by atoms with Gasteiger partial charge in [-0.1, -0.05) is 0 Å². The van der Waals surface area contributed by atoms with E-state index < -0.39 is 20.6 Å². The van der Waals surface area contributed by atoms with Gasteiger partial charge in [0.2, 0.25) is 0 Å². The van der Waals surface area contributed by atoms with Crippen LogP contribution in [0.4, 0.5) is 0 Å². The molecule has 0 aliphatic rings. The van der Waals surface area contributed by atoms with E-state index in [9.17, 15) is 0 Å². The summed E-state index contributed by atoms with van der Waals surface area (Å²) in [6, 6.07) is 0. The van der Waals surface area contributed by atoms with Gasteiger partial charge in [-0.3, -0.25) is 0 Å². The van der Waals surface area contributed by atoms with Crippen LogP contribution in [0, 0.1) is 0 Å². The average molecular weight is 229 g/mol. The van der Waals surface area contributed by atoms with Crippen LogP contribution in [-0.4, -0.2) is 20.6 Å². The molecule has 0 bridgehead atoms. The van der Waals surface area contributed by atoms with Gasteiger partial charge in [-0.2, -0.15) is 0 Å². The van der Waals surface area contributed by atoms with E-state index in [1.54, 1.807) is 0 Å². The standard InChI is InChI=1S/K.Na.3O.Sn/q2*+1;;2*-1;. The molecule has 3 nitrogen and oxygen atoms in total. The van der Waals surface area contributed by atoms with Crippen molar-refractivity contribution in [3.8, 4) is 0 Å². The van der Waals surface area contributed by atoms with E-state index in [4.69, 9.17) is 9.96 Å². The van der Waals surface area contributed by atoms with E-state index in [-0.39, 0.29) is 80.9 Å². The van der Waals surface area contributed by atoms with Crippen molar-refractivity contribution in [1.82, 2.24) is 0 Å². The summed E-state index contributed by atoms with van der Waals surface area (Å²) >= 11 is -4.29. The Kier molecular flexibility index (Phi) is 29.5. The Hall–Kier alpha value is 3.16. The summed E-state index contributed by atoms with van der Waals surface area (Å²) in [6.45, 7) is 0. The van der Waals surface area contributed by atoms with Crippen molar-refractivity contribution in [2.75, 3.05) is 0 Å². The fourth-order valence-corrected chi connectivity index (χ4v) is 0. The van der Waals surface area contributed by atoms with Gasteiger partial charge in [-0.15, -0.1) is 0 Å². The molecule has 0 aliphatic heterocycles. The first-order valence-corrected chi connectivity index (χ1v) is 4.11. The Morgan fingerprint density at radius 1 is 1.33 bits per heavy atom. The predicted molar refractivity (Wildman–Crippen MR) is 6.44 cm³/mol. The van der Waals surface area contributed by atoms with E-state index >= 15 is 0 Å². The zero-order valence-corrected chi connectivity index (χ0v) is 11.7. The fourth-order valence-electron chi connectivity index (χ4n) is 0. The minimum absolute atomic E-state index is 0. The number of rotatable bonds is 0. The molecule has 0 aromatic carbocycles. The molecular weight excluding hydrogens is 229 g/mol. The average Bonchev–Trinajstić information content (AvgIpc) is 0.811. The maximum atomic E-state index is 8.61. The molecule has 0 aromatic rings. The van der Waals surface area contributed by atoms with Crippen molar-refractivity contribution in [2.45, 2.75) is 0 Å². The van der Waals surface area contributed by atoms with E-state index in [2.05, 4.69) is 0 Å².